The number of hydrogen-bond donors (Lipinski definition) is 0. The maximum atomic E-state index is 12.7. The van der Waals surface area contributed by atoms with E-state index in [1.165, 1.54) is 28.6 Å². The highest BCUT2D eigenvalue weighted by Gasteiger charge is 2.34. The van der Waals surface area contributed by atoms with E-state index in [9.17, 15) is 8.42 Å². The second kappa shape index (κ2) is 6.10. The molecule has 1 fully saturated rings. The van der Waals surface area contributed by atoms with Crippen molar-refractivity contribution in [2.75, 3.05) is 13.1 Å². The molecule has 120 valence electrons. The number of sulfonamides is 1. The molecule has 3 rings (SSSR count). The van der Waals surface area contributed by atoms with Gasteiger partial charge in [-0.2, -0.15) is 9.57 Å². The van der Waals surface area contributed by atoms with Gasteiger partial charge in [-0.3, -0.25) is 0 Å². The van der Waals surface area contributed by atoms with Gasteiger partial charge in [0.2, 0.25) is 10.0 Å². The topological polar surface area (TPSA) is 91.9 Å². The van der Waals surface area contributed by atoms with Crippen molar-refractivity contribution in [3.05, 3.63) is 42.0 Å². The molecule has 0 spiro atoms. The van der Waals surface area contributed by atoms with Crippen LogP contribution in [0.3, 0.4) is 0 Å². The summed E-state index contributed by atoms with van der Waals surface area (Å²) in [7, 11) is -3.54. The first kappa shape index (κ1) is 15.6. The van der Waals surface area contributed by atoms with Crippen LogP contribution in [-0.2, 0) is 16.4 Å². The van der Waals surface area contributed by atoms with E-state index in [2.05, 4.69) is 10.2 Å². The van der Waals surface area contributed by atoms with Crippen molar-refractivity contribution >= 4 is 10.0 Å². The zero-order valence-electron chi connectivity index (χ0n) is 12.8. The molecule has 0 unspecified atom stereocenters. The van der Waals surface area contributed by atoms with E-state index < -0.39 is 10.0 Å². The highest BCUT2D eigenvalue weighted by molar-refractivity contribution is 7.89. The minimum absolute atomic E-state index is 0.0631. The lowest BCUT2D eigenvalue weighted by Gasteiger charge is -2.17. The van der Waals surface area contributed by atoms with Gasteiger partial charge >= 0.3 is 0 Å². The first-order chi connectivity index (χ1) is 11.1. The van der Waals surface area contributed by atoms with Crippen LogP contribution in [0.15, 0.2) is 35.5 Å². The highest BCUT2D eigenvalue weighted by Crippen LogP contribution is 2.28. The van der Waals surface area contributed by atoms with Gasteiger partial charge in [0.25, 0.3) is 0 Å². The van der Waals surface area contributed by atoms with Gasteiger partial charge in [0.1, 0.15) is 12.2 Å². The maximum Gasteiger partial charge on any atom is 0.243 e. The van der Waals surface area contributed by atoms with Crippen LogP contribution in [0.5, 0.6) is 0 Å². The Morgan fingerprint density at radius 1 is 1.35 bits per heavy atom. The summed E-state index contributed by atoms with van der Waals surface area (Å²) < 4.78 is 28.9. The first-order valence-electron chi connectivity index (χ1n) is 7.45. The van der Waals surface area contributed by atoms with E-state index in [1.807, 2.05) is 17.6 Å². The molecule has 0 N–H and O–H groups in total. The molecule has 1 aliphatic heterocycles. The molecule has 1 aliphatic rings. The second-order valence-corrected chi connectivity index (χ2v) is 7.39. The zero-order chi connectivity index (χ0) is 16.4. The zero-order valence-corrected chi connectivity index (χ0v) is 13.6. The van der Waals surface area contributed by atoms with Crippen molar-refractivity contribution in [1.29, 1.82) is 5.26 Å². The van der Waals surface area contributed by atoms with Crippen LogP contribution >= 0.6 is 0 Å². The Kier molecular flexibility index (Phi) is 4.15. The van der Waals surface area contributed by atoms with Crippen LogP contribution in [-0.4, -0.2) is 40.6 Å². The summed E-state index contributed by atoms with van der Waals surface area (Å²) in [6.45, 7) is 2.88. The van der Waals surface area contributed by atoms with Gasteiger partial charge in [-0.1, -0.05) is 6.92 Å². The van der Waals surface area contributed by atoms with Gasteiger partial charge in [0.15, 0.2) is 0 Å². The van der Waals surface area contributed by atoms with Crippen molar-refractivity contribution in [1.82, 2.24) is 19.1 Å². The maximum absolute atomic E-state index is 12.7. The average Bonchev–Trinajstić information content (AvgIpc) is 3.23. The fourth-order valence-electron chi connectivity index (χ4n) is 2.83. The summed E-state index contributed by atoms with van der Waals surface area (Å²) in [4.78, 5) is 0.219. The molecule has 7 nitrogen and oxygen atoms in total. The monoisotopic (exact) mass is 331 g/mol. The summed E-state index contributed by atoms with van der Waals surface area (Å²) in [5.41, 5.74) is 0.445. The first-order valence-corrected chi connectivity index (χ1v) is 8.89. The smallest absolute Gasteiger partial charge is 0.243 e. The third-order valence-electron chi connectivity index (χ3n) is 4.10. The third-order valence-corrected chi connectivity index (χ3v) is 5.98. The number of aromatic nitrogens is 3. The average molecular weight is 331 g/mol. The Morgan fingerprint density at radius 3 is 2.74 bits per heavy atom. The number of hydrogen-bond acceptors (Lipinski definition) is 5. The lowest BCUT2D eigenvalue weighted by Crippen LogP contribution is -2.29. The number of aryl methyl sites for hydroxylation is 1. The number of nitrogens with zero attached hydrogens (tertiary/aromatic N) is 5. The number of benzene rings is 1. The lowest BCUT2D eigenvalue weighted by molar-refractivity contribution is 0.447. The van der Waals surface area contributed by atoms with Gasteiger partial charge in [-0.05, 0) is 30.7 Å². The molecule has 1 saturated heterocycles. The molecule has 0 amide bonds. The fourth-order valence-corrected chi connectivity index (χ4v) is 4.32. The van der Waals surface area contributed by atoms with Crippen molar-refractivity contribution < 1.29 is 8.42 Å². The van der Waals surface area contributed by atoms with Crippen LogP contribution in [0.25, 0.3) is 0 Å². The summed E-state index contributed by atoms with van der Waals surface area (Å²) in [5, 5.41) is 16.8. The predicted octanol–water partition coefficient (Wildman–Crippen LogP) is 1.35. The van der Waals surface area contributed by atoms with E-state index in [4.69, 9.17) is 5.26 Å². The molecule has 1 aromatic heterocycles. The van der Waals surface area contributed by atoms with E-state index in [0.29, 0.717) is 18.7 Å². The molecule has 1 atom stereocenters. The van der Waals surface area contributed by atoms with Crippen molar-refractivity contribution in [3.63, 3.8) is 0 Å². The Hall–Kier alpha value is -2.24. The fraction of sp³-hybridized carbons (Fsp3) is 0.400. The minimum Gasteiger partial charge on any atom is -0.313 e. The van der Waals surface area contributed by atoms with Crippen LogP contribution in [0.1, 0.15) is 30.8 Å². The second-order valence-electron chi connectivity index (χ2n) is 5.45. The van der Waals surface area contributed by atoms with E-state index in [-0.39, 0.29) is 10.9 Å². The van der Waals surface area contributed by atoms with Gasteiger partial charge in [-0.15, -0.1) is 10.2 Å². The molecule has 1 aromatic carbocycles. The number of rotatable bonds is 4. The molecule has 23 heavy (non-hydrogen) atoms. The normalized spacial score (nSPS) is 18.9. The minimum atomic E-state index is -3.54. The van der Waals surface area contributed by atoms with Gasteiger partial charge in [-0.25, -0.2) is 8.42 Å². The number of nitriles is 1. The summed E-state index contributed by atoms with van der Waals surface area (Å²) in [6, 6.07) is 8.06. The van der Waals surface area contributed by atoms with Crippen molar-refractivity contribution in [3.8, 4) is 6.07 Å². The van der Waals surface area contributed by atoms with E-state index >= 15 is 0 Å². The van der Waals surface area contributed by atoms with E-state index in [0.717, 1.165) is 18.7 Å². The van der Waals surface area contributed by atoms with Gasteiger partial charge in [0, 0.05) is 19.5 Å². The van der Waals surface area contributed by atoms with Crippen LogP contribution in [0, 0.1) is 11.3 Å². The molecular weight excluding hydrogens is 314 g/mol. The molecule has 0 aliphatic carbocycles. The molecule has 2 heterocycles. The molecular formula is C15H17N5O2S. The van der Waals surface area contributed by atoms with Crippen LogP contribution in [0.2, 0.25) is 0 Å². The molecule has 2 aromatic rings. The largest absolute Gasteiger partial charge is 0.313 e. The lowest BCUT2D eigenvalue weighted by atomic mass is 10.2. The summed E-state index contributed by atoms with van der Waals surface area (Å²) in [6.07, 6.45) is 3.17. The third kappa shape index (κ3) is 2.85. The standard InChI is InChI=1S/C15H17N5O2S/c1-2-15-18-17-11-20(15)13-7-8-19(10-13)23(21,22)14-5-3-12(9-16)4-6-14/h3-6,11,13H,2,7-8,10H2,1H3/t13-/m0/s1. The van der Waals surface area contributed by atoms with Gasteiger partial charge in [0.05, 0.1) is 22.6 Å². The molecule has 0 bridgehead atoms. The Balaban J connectivity index is 1.81. The van der Waals surface area contributed by atoms with Crippen LogP contribution < -0.4 is 0 Å². The Labute approximate surface area is 135 Å². The predicted molar refractivity (Wildman–Crippen MR) is 83.0 cm³/mol. The Morgan fingerprint density at radius 2 is 2.09 bits per heavy atom. The molecule has 8 heteroatoms. The molecule has 0 saturated carbocycles. The SMILES string of the molecule is CCc1nncn1[C@H]1CCN(S(=O)(=O)c2ccc(C#N)cc2)C1. The highest BCUT2D eigenvalue weighted by atomic mass is 32.2. The Bertz CT molecular complexity index is 835. The summed E-state index contributed by atoms with van der Waals surface area (Å²) in [5.74, 6) is 0.868. The van der Waals surface area contributed by atoms with Crippen molar-refractivity contribution in [2.45, 2.75) is 30.7 Å². The van der Waals surface area contributed by atoms with Gasteiger partial charge < -0.3 is 4.57 Å². The van der Waals surface area contributed by atoms with Crippen molar-refractivity contribution in [2.24, 2.45) is 0 Å². The quantitative estimate of drug-likeness (QED) is 0.843. The van der Waals surface area contributed by atoms with Crippen LogP contribution in [0.4, 0.5) is 0 Å². The molecule has 0 radical (unpaired) electrons. The summed E-state index contributed by atoms with van der Waals surface area (Å²) >= 11 is 0. The van der Waals surface area contributed by atoms with E-state index in [1.54, 1.807) is 6.33 Å².